The van der Waals surface area contributed by atoms with Gasteiger partial charge in [-0.25, -0.2) is 4.39 Å². The molecule has 1 aromatic carbocycles. The Kier molecular flexibility index (Phi) is 4.62. The van der Waals surface area contributed by atoms with Gasteiger partial charge < -0.3 is 10.2 Å². The topological polar surface area (TPSA) is 40.5 Å². The zero-order chi connectivity index (χ0) is 10.7. The van der Waals surface area contributed by atoms with Crippen LogP contribution in [-0.4, -0.2) is 22.1 Å². The second-order valence-electron chi connectivity index (χ2n) is 2.83. The number of thiol groups is 1. The molecule has 0 aromatic heterocycles. The minimum Gasteiger partial charge on any atom is -0.389 e. The number of aliphatic hydroxyl groups is 2. The van der Waals surface area contributed by atoms with E-state index in [0.717, 1.165) is 0 Å². The number of hydrogen-bond donors (Lipinski definition) is 3. The summed E-state index contributed by atoms with van der Waals surface area (Å²) < 4.78 is 13.9. The summed E-state index contributed by atoms with van der Waals surface area (Å²) in [5.74, 6) is -0.420. The van der Waals surface area contributed by atoms with E-state index in [2.05, 4.69) is 12.6 Å². The lowest BCUT2D eigenvalue weighted by atomic mass is 10.1. The molecule has 0 spiro atoms. The molecule has 14 heavy (non-hydrogen) atoms. The van der Waals surface area contributed by atoms with Gasteiger partial charge in [-0.15, -0.1) is 0 Å². The molecule has 2 N–H and O–H groups in total. The first-order chi connectivity index (χ1) is 6.57. The fraction of sp³-hybridized carbons (Fsp3) is 0.333. The molecule has 0 amide bonds. The normalized spacial score (nSPS) is 15.2. The Morgan fingerprint density at radius 1 is 1.43 bits per heavy atom. The molecule has 0 aliphatic carbocycles. The van der Waals surface area contributed by atoms with Gasteiger partial charge in [0.25, 0.3) is 0 Å². The SMILES string of the molecule is OC(CS)C(O)c1c(F)cccc1I. The van der Waals surface area contributed by atoms with Crippen molar-refractivity contribution in [3.63, 3.8) is 0 Å². The average Bonchev–Trinajstić information content (AvgIpc) is 2.16. The van der Waals surface area contributed by atoms with E-state index in [-0.39, 0.29) is 11.3 Å². The van der Waals surface area contributed by atoms with E-state index in [1.165, 1.54) is 6.07 Å². The zero-order valence-corrected chi connectivity index (χ0v) is 10.2. The highest BCUT2D eigenvalue weighted by Gasteiger charge is 2.22. The second-order valence-corrected chi connectivity index (χ2v) is 4.36. The van der Waals surface area contributed by atoms with Gasteiger partial charge in [0, 0.05) is 14.9 Å². The molecular weight excluding hydrogens is 318 g/mol. The third-order valence-corrected chi connectivity index (χ3v) is 3.16. The number of aliphatic hydroxyl groups excluding tert-OH is 2. The molecule has 0 saturated heterocycles. The van der Waals surface area contributed by atoms with Gasteiger partial charge in [0.05, 0.1) is 6.10 Å². The number of rotatable bonds is 3. The van der Waals surface area contributed by atoms with Crippen molar-refractivity contribution in [3.8, 4) is 0 Å². The molecule has 0 heterocycles. The van der Waals surface area contributed by atoms with Gasteiger partial charge >= 0.3 is 0 Å². The van der Waals surface area contributed by atoms with Gasteiger partial charge in [-0.05, 0) is 34.7 Å². The quantitative estimate of drug-likeness (QED) is 0.585. The molecular formula is C9H10FIO2S. The summed E-state index contributed by atoms with van der Waals surface area (Å²) in [6, 6.07) is 4.49. The molecule has 0 saturated carbocycles. The Morgan fingerprint density at radius 3 is 2.57 bits per heavy atom. The average molecular weight is 328 g/mol. The first-order valence-corrected chi connectivity index (χ1v) is 5.70. The Morgan fingerprint density at radius 2 is 2.07 bits per heavy atom. The highest BCUT2D eigenvalue weighted by molar-refractivity contribution is 14.1. The van der Waals surface area contributed by atoms with Gasteiger partial charge in [0.2, 0.25) is 0 Å². The van der Waals surface area contributed by atoms with E-state index >= 15 is 0 Å². The second kappa shape index (κ2) is 5.29. The van der Waals surface area contributed by atoms with Gasteiger partial charge in [-0.2, -0.15) is 12.6 Å². The van der Waals surface area contributed by atoms with Crippen molar-refractivity contribution < 1.29 is 14.6 Å². The largest absolute Gasteiger partial charge is 0.389 e. The molecule has 0 aliphatic rings. The van der Waals surface area contributed by atoms with Crippen molar-refractivity contribution in [3.05, 3.63) is 33.1 Å². The minimum absolute atomic E-state index is 0.0889. The van der Waals surface area contributed by atoms with Crippen LogP contribution in [0.2, 0.25) is 0 Å². The van der Waals surface area contributed by atoms with Crippen molar-refractivity contribution in [1.82, 2.24) is 0 Å². The summed E-state index contributed by atoms with van der Waals surface area (Å²) in [6.07, 6.45) is -2.27. The Balaban J connectivity index is 3.05. The lowest BCUT2D eigenvalue weighted by Gasteiger charge is -2.17. The predicted octanol–water partition coefficient (Wildman–Crippen LogP) is 1.75. The van der Waals surface area contributed by atoms with E-state index in [1.54, 1.807) is 12.1 Å². The van der Waals surface area contributed by atoms with Crippen molar-refractivity contribution in [2.24, 2.45) is 0 Å². The zero-order valence-electron chi connectivity index (χ0n) is 7.19. The first kappa shape index (κ1) is 12.2. The summed E-state index contributed by atoms with van der Waals surface area (Å²) in [5.41, 5.74) is 0.134. The number of benzene rings is 1. The minimum atomic E-state index is -1.22. The summed E-state index contributed by atoms with van der Waals surface area (Å²) in [5, 5.41) is 18.9. The molecule has 2 atom stereocenters. The molecule has 78 valence electrons. The van der Waals surface area contributed by atoms with E-state index in [9.17, 15) is 14.6 Å². The highest BCUT2D eigenvalue weighted by atomic mass is 127. The van der Waals surface area contributed by atoms with Crippen LogP contribution in [0.15, 0.2) is 18.2 Å². The monoisotopic (exact) mass is 328 g/mol. The maximum Gasteiger partial charge on any atom is 0.130 e. The van der Waals surface area contributed by atoms with Crippen LogP contribution in [0.4, 0.5) is 4.39 Å². The molecule has 2 unspecified atom stereocenters. The van der Waals surface area contributed by atoms with E-state index in [0.29, 0.717) is 3.57 Å². The third-order valence-electron chi connectivity index (χ3n) is 1.85. The Labute approximate surface area is 101 Å². The lowest BCUT2D eigenvalue weighted by molar-refractivity contribution is 0.0309. The summed E-state index contributed by atoms with van der Waals surface area (Å²) in [4.78, 5) is 0. The maximum atomic E-state index is 13.3. The lowest BCUT2D eigenvalue weighted by Crippen LogP contribution is -2.21. The van der Waals surface area contributed by atoms with Crippen LogP contribution in [0.25, 0.3) is 0 Å². The summed E-state index contributed by atoms with van der Waals surface area (Å²) in [6.45, 7) is 0. The molecule has 0 radical (unpaired) electrons. The summed E-state index contributed by atoms with van der Waals surface area (Å²) in [7, 11) is 0. The maximum absolute atomic E-state index is 13.3. The van der Waals surface area contributed by atoms with E-state index < -0.39 is 18.0 Å². The van der Waals surface area contributed by atoms with Crippen molar-refractivity contribution in [2.45, 2.75) is 12.2 Å². The fourth-order valence-corrected chi connectivity index (χ4v) is 2.07. The molecule has 1 aromatic rings. The Bertz CT molecular complexity index is 301. The van der Waals surface area contributed by atoms with Gasteiger partial charge in [-0.1, -0.05) is 6.07 Å². The molecule has 5 heteroatoms. The van der Waals surface area contributed by atoms with Gasteiger partial charge in [0.15, 0.2) is 0 Å². The van der Waals surface area contributed by atoms with Crippen LogP contribution in [0.3, 0.4) is 0 Å². The van der Waals surface area contributed by atoms with Gasteiger partial charge in [0.1, 0.15) is 11.9 Å². The van der Waals surface area contributed by atoms with Crippen LogP contribution in [-0.2, 0) is 0 Å². The first-order valence-electron chi connectivity index (χ1n) is 3.98. The van der Waals surface area contributed by atoms with Crippen molar-refractivity contribution in [2.75, 3.05) is 5.75 Å². The standard InChI is InChI=1S/C9H10FIO2S/c10-5-2-1-3-6(11)8(5)9(13)7(12)4-14/h1-3,7,9,12-14H,4H2. The van der Waals surface area contributed by atoms with E-state index in [1.807, 2.05) is 22.6 Å². The third kappa shape index (κ3) is 2.59. The molecule has 2 nitrogen and oxygen atoms in total. The molecule has 1 rings (SSSR count). The molecule has 0 aliphatic heterocycles. The van der Waals surface area contributed by atoms with Crippen LogP contribution in [0.5, 0.6) is 0 Å². The predicted molar refractivity (Wildman–Crippen MR) is 63.9 cm³/mol. The van der Waals surface area contributed by atoms with Crippen molar-refractivity contribution >= 4 is 35.2 Å². The van der Waals surface area contributed by atoms with Crippen LogP contribution < -0.4 is 0 Å². The molecule has 0 bridgehead atoms. The van der Waals surface area contributed by atoms with E-state index in [4.69, 9.17) is 0 Å². The van der Waals surface area contributed by atoms with Crippen molar-refractivity contribution in [1.29, 1.82) is 0 Å². The summed E-state index contributed by atoms with van der Waals surface area (Å²) >= 11 is 5.75. The fourth-order valence-electron chi connectivity index (χ4n) is 1.09. The van der Waals surface area contributed by atoms with Crippen LogP contribution in [0, 0.1) is 9.39 Å². The molecule has 0 fully saturated rings. The number of halogens is 2. The Hall–Kier alpha value is 0.150. The highest BCUT2D eigenvalue weighted by Crippen LogP contribution is 2.25. The van der Waals surface area contributed by atoms with Gasteiger partial charge in [-0.3, -0.25) is 0 Å². The number of hydrogen-bond acceptors (Lipinski definition) is 3. The van der Waals surface area contributed by atoms with Crippen LogP contribution >= 0.6 is 35.2 Å². The van der Waals surface area contributed by atoms with Crippen LogP contribution in [0.1, 0.15) is 11.7 Å². The smallest absolute Gasteiger partial charge is 0.130 e.